The zero-order valence-electron chi connectivity index (χ0n) is 44.8. The lowest BCUT2D eigenvalue weighted by atomic mass is 10.00. The van der Waals surface area contributed by atoms with E-state index in [1.54, 1.807) is 12.4 Å². The van der Waals surface area contributed by atoms with E-state index in [2.05, 4.69) is 41.9 Å². The Hall–Kier alpha value is -8.36. The highest BCUT2D eigenvalue weighted by molar-refractivity contribution is 6.00. The summed E-state index contributed by atoms with van der Waals surface area (Å²) in [5, 5.41) is 19.2. The van der Waals surface area contributed by atoms with E-state index < -0.39 is 95.6 Å². The Labute approximate surface area is 464 Å². The second kappa shape index (κ2) is 26.5. The maximum absolute atomic E-state index is 15.1. The molecule has 3 saturated heterocycles. The van der Waals surface area contributed by atoms with E-state index in [-0.39, 0.29) is 77.5 Å². The van der Waals surface area contributed by atoms with Crippen LogP contribution in [0.1, 0.15) is 73.6 Å². The Morgan fingerprint density at radius 3 is 1.15 bits per heavy atom. The van der Waals surface area contributed by atoms with Gasteiger partial charge in [0.2, 0.25) is 47.3 Å². The Kier molecular flexibility index (Phi) is 18.7. The molecular formula is C60H72N12O8. The van der Waals surface area contributed by atoms with Gasteiger partial charge in [0.15, 0.2) is 0 Å². The molecule has 0 bridgehead atoms. The molecule has 0 aliphatic carbocycles. The van der Waals surface area contributed by atoms with Gasteiger partial charge in [-0.15, -0.1) is 0 Å². The summed E-state index contributed by atoms with van der Waals surface area (Å²) < 4.78 is 0. The molecule has 0 saturated carbocycles. The van der Waals surface area contributed by atoms with Gasteiger partial charge in [-0.2, -0.15) is 0 Å². The molecular weight excluding hydrogens is 1020 g/mol. The first kappa shape index (κ1) is 56.4. The van der Waals surface area contributed by atoms with Gasteiger partial charge in [0.1, 0.15) is 48.3 Å². The van der Waals surface area contributed by atoms with E-state index >= 15 is 19.2 Å². The summed E-state index contributed by atoms with van der Waals surface area (Å²) in [7, 11) is 0. The predicted octanol–water partition coefficient (Wildman–Crippen LogP) is 2.30. The topological polar surface area (TPSA) is 299 Å². The fraction of sp³-hybridized carbons (Fsp3) is 0.400. The van der Waals surface area contributed by atoms with Crippen molar-refractivity contribution in [2.24, 2.45) is 11.5 Å². The fourth-order valence-corrected chi connectivity index (χ4v) is 11.4. The van der Waals surface area contributed by atoms with Crippen LogP contribution in [-0.2, 0) is 64.0 Å². The number of aromatic amines is 2. The number of nitrogens with two attached hydrogens (primary N) is 2. The molecule has 5 heterocycles. The van der Waals surface area contributed by atoms with Crippen LogP contribution in [0.25, 0.3) is 21.8 Å². The summed E-state index contributed by atoms with van der Waals surface area (Å²) in [4.78, 5) is 129. The number of nitrogens with zero attached hydrogens (tertiary/aromatic N) is 2. The third kappa shape index (κ3) is 13.5. The molecule has 6 aromatic rings. The molecule has 2 aromatic heterocycles. The van der Waals surface area contributed by atoms with Crippen LogP contribution in [0.2, 0.25) is 0 Å². The molecule has 8 amide bonds. The molecule has 420 valence electrons. The minimum absolute atomic E-state index is 0.0194. The first-order chi connectivity index (χ1) is 38.9. The molecule has 12 N–H and O–H groups in total. The molecule has 3 aliphatic heterocycles. The lowest BCUT2D eigenvalue weighted by Crippen LogP contribution is -2.62. The molecule has 0 unspecified atom stereocenters. The van der Waals surface area contributed by atoms with Crippen LogP contribution < -0.4 is 43.4 Å². The third-order valence-electron chi connectivity index (χ3n) is 15.6. The zero-order chi connectivity index (χ0) is 56.1. The lowest BCUT2D eigenvalue weighted by molar-refractivity contribution is -0.143. The van der Waals surface area contributed by atoms with Crippen molar-refractivity contribution < 1.29 is 38.4 Å². The van der Waals surface area contributed by atoms with Crippen LogP contribution in [-0.4, -0.2) is 142 Å². The second-order valence-electron chi connectivity index (χ2n) is 21.1. The van der Waals surface area contributed by atoms with E-state index in [4.69, 9.17) is 11.5 Å². The van der Waals surface area contributed by atoms with Crippen LogP contribution in [0.5, 0.6) is 0 Å². The van der Waals surface area contributed by atoms with E-state index in [1.807, 2.05) is 109 Å². The normalized spacial score (nSPS) is 24.1. The molecule has 20 nitrogen and oxygen atoms in total. The maximum atomic E-state index is 15.1. The number of hydrogen-bond acceptors (Lipinski definition) is 10. The van der Waals surface area contributed by atoms with Crippen molar-refractivity contribution in [2.75, 3.05) is 26.2 Å². The molecule has 0 spiro atoms. The minimum atomic E-state index is -1.29. The molecule has 9 rings (SSSR count). The van der Waals surface area contributed by atoms with E-state index in [1.165, 1.54) is 9.80 Å². The average molecular weight is 1090 g/mol. The standard InChI is InChI=1S/C60H72N12O8/c61-27-11-23-45-53(73)67-47(33-39-35-63-43-21-9-7-19-41(39)43)55(75)69-49(31-37-15-3-1-4-16-37)59(79)71-29-13-25-51(71)57(77)65-46(24-12-28-62)54(74)68-48(34-40-36-64-44-22-10-8-20-42(40)44)56(76)70-50(32-38-17-5-2-6-18-38)60(80)72-30-14-26-52(72)58(78)66-45/h1-10,15-22,35-36,45-52,63-64H,11-14,23-34,61-62H2,(H,65,77)(H,66,78)(H,67,73)(H,68,74)(H,69,75)(H,70,76)/t45-,46-,47-,48-,49+,50+,51-,52-/m0/s1. The SMILES string of the molecule is NCCC[C@@H]1NC(=O)[C@@H]2CCCN2C(=O)[C@@H](Cc2ccccc2)NC(=O)[C@H](Cc2c[nH]c3ccccc23)NC(=O)[C@H](CCCN)NC(=O)[C@@H]2CCCN2C(=O)[C@@H](Cc2ccccc2)NC(=O)[C@H](Cc2c[nH]c3ccccc23)NC1=O. The van der Waals surface area contributed by atoms with Gasteiger partial charge in [-0.3, -0.25) is 38.4 Å². The fourth-order valence-electron chi connectivity index (χ4n) is 11.4. The number of benzene rings is 4. The van der Waals surface area contributed by atoms with Crippen molar-refractivity contribution in [3.8, 4) is 0 Å². The van der Waals surface area contributed by atoms with Gasteiger partial charge in [-0.05, 0) is 98.8 Å². The van der Waals surface area contributed by atoms with Crippen molar-refractivity contribution in [3.63, 3.8) is 0 Å². The van der Waals surface area contributed by atoms with Crippen molar-refractivity contribution in [3.05, 3.63) is 144 Å². The number of hydrogen-bond donors (Lipinski definition) is 10. The summed E-state index contributed by atoms with van der Waals surface area (Å²) in [5.74, 6) is -5.02. The van der Waals surface area contributed by atoms with E-state index in [0.29, 0.717) is 36.8 Å². The lowest BCUT2D eigenvalue weighted by Gasteiger charge is -2.32. The van der Waals surface area contributed by atoms with Crippen LogP contribution in [0.4, 0.5) is 0 Å². The summed E-state index contributed by atoms with van der Waals surface area (Å²) in [5.41, 5.74) is 16.4. The van der Waals surface area contributed by atoms with Gasteiger partial charge in [-0.1, -0.05) is 97.1 Å². The van der Waals surface area contributed by atoms with Gasteiger partial charge >= 0.3 is 0 Å². The van der Waals surface area contributed by atoms with E-state index in [9.17, 15) is 19.2 Å². The predicted molar refractivity (Wildman–Crippen MR) is 302 cm³/mol. The van der Waals surface area contributed by atoms with Crippen LogP contribution in [0, 0.1) is 0 Å². The second-order valence-corrected chi connectivity index (χ2v) is 21.1. The molecule has 20 heteroatoms. The quantitative estimate of drug-likeness (QED) is 0.0760. The van der Waals surface area contributed by atoms with Crippen molar-refractivity contribution in [2.45, 2.75) is 125 Å². The Morgan fingerprint density at radius 2 is 0.750 bits per heavy atom. The largest absolute Gasteiger partial charge is 0.361 e. The first-order valence-corrected chi connectivity index (χ1v) is 27.9. The molecule has 0 radical (unpaired) electrons. The van der Waals surface area contributed by atoms with Crippen LogP contribution in [0.3, 0.4) is 0 Å². The number of H-pyrrole nitrogens is 2. The van der Waals surface area contributed by atoms with Crippen molar-refractivity contribution in [1.82, 2.24) is 51.7 Å². The number of carbonyl (C=O) groups is 8. The number of amides is 8. The molecule has 80 heavy (non-hydrogen) atoms. The van der Waals surface area contributed by atoms with Gasteiger partial charge in [-0.25, -0.2) is 0 Å². The molecule has 3 aliphatic rings. The monoisotopic (exact) mass is 1090 g/mol. The van der Waals surface area contributed by atoms with Gasteiger partial charge in [0, 0.05) is 73.0 Å². The summed E-state index contributed by atoms with van der Waals surface area (Å²) in [6, 6.07) is 23.7. The highest BCUT2D eigenvalue weighted by Crippen LogP contribution is 2.25. The Morgan fingerprint density at radius 1 is 0.400 bits per heavy atom. The Balaban J connectivity index is 1.10. The van der Waals surface area contributed by atoms with E-state index in [0.717, 1.165) is 32.9 Å². The van der Waals surface area contributed by atoms with Crippen LogP contribution in [0.15, 0.2) is 122 Å². The summed E-state index contributed by atoms with van der Waals surface area (Å²) in [6.45, 7) is 0.708. The Bertz CT molecular complexity index is 2960. The van der Waals surface area contributed by atoms with Crippen LogP contribution >= 0.6 is 0 Å². The third-order valence-corrected chi connectivity index (χ3v) is 15.6. The molecule has 8 atom stereocenters. The highest BCUT2D eigenvalue weighted by atomic mass is 16.2. The number of carbonyl (C=O) groups excluding carboxylic acids is 8. The highest BCUT2D eigenvalue weighted by Gasteiger charge is 2.43. The minimum Gasteiger partial charge on any atom is -0.361 e. The maximum Gasteiger partial charge on any atom is 0.246 e. The van der Waals surface area contributed by atoms with Gasteiger partial charge < -0.3 is 63.1 Å². The number of aromatic nitrogens is 2. The number of fused-ring (bicyclic) bond motifs is 4. The smallest absolute Gasteiger partial charge is 0.246 e. The van der Waals surface area contributed by atoms with Crippen molar-refractivity contribution >= 4 is 69.1 Å². The number of nitrogens with one attached hydrogen (secondary N) is 8. The first-order valence-electron chi connectivity index (χ1n) is 27.9. The molecule has 3 fully saturated rings. The summed E-state index contributed by atoms with van der Waals surface area (Å²) >= 11 is 0. The number of para-hydroxylation sites is 2. The van der Waals surface area contributed by atoms with Gasteiger partial charge in [0.05, 0.1) is 0 Å². The number of rotatable bonds is 14. The van der Waals surface area contributed by atoms with Gasteiger partial charge in [0.25, 0.3) is 0 Å². The van der Waals surface area contributed by atoms with Crippen molar-refractivity contribution in [1.29, 1.82) is 0 Å². The summed E-state index contributed by atoms with van der Waals surface area (Å²) in [6.07, 6.45) is 5.75. The molecule has 4 aromatic carbocycles. The average Bonchev–Trinajstić information content (AvgIpc) is 4.35. The zero-order valence-corrected chi connectivity index (χ0v) is 44.8.